The predicted molar refractivity (Wildman–Crippen MR) is 97.2 cm³/mol. The molecule has 3 aromatic rings. The molecular weight excluding hydrogens is 344 g/mol. The summed E-state index contributed by atoms with van der Waals surface area (Å²) >= 11 is 0. The Labute approximate surface area is 156 Å². The van der Waals surface area contributed by atoms with E-state index >= 15 is 0 Å². The molecule has 138 valence electrons. The summed E-state index contributed by atoms with van der Waals surface area (Å²) in [6.45, 7) is 0.745. The SMILES string of the molecule is O=C(COc1ccc(-n2cnnn2)cc1)N1CCCCC1c1ccccn1. The second-order valence-electron chi connectivity index (χ2n) is 6.39. The lowest BCUT2D eigenvalue weighted by atomic mass is 9.99. The second kappa shape index (κ2) is 7.94. The Morgan fingerprint density at radius 1 is 1.15 bits per heavy atom. The molecule has 0 saturated carbocycles. The van der Waals surface area contributed by atoms with Gasteiger partial charge < -0.3 is 9.64 Å². The van der Waals surface area contributed by atoms with Gasteiger partial charge in [-0.15, -0.1) is 5.10 Å². The van der Waals surface area contributed by atoms with Gasteiger partial charge in [0, 0.05) is 12.7 Å². The molecule has 0 N–H and O–H groups in total. The van der Waals surface area contributed by atoms with Gasteiger partial charge >= 0.3 is 0 Å². The lowest BCUT2D eigenvalue weighted by Crippen LogP contribution is -2.41. The second-order valence-corrected chi connectivity index (χ2v) is 6.39. The van der Waals surface area contributed by atoms with Crippen molar-refractivity contribution in [2.24, 2.45) is 0 Å². The van der Waals surface area contributed by atoms with E-state index in [1.54, 1.807) is 23.0 Å². The van der Waals surface area contributed by atoms with E-state index < -0.39 is 0 Å². The highest BCUT2D eigenvalue weighted by Gasteiger charge is 2.28. The largest absolute Gasteiger partial charge is 0.484 e. The maximum Gasteiger partial charge on any atom is 0.261 e. The summed E-state index contributed by atoms with van der Waals surface area (Å²) in [5.41, 5.74) is 1.77. The molecule has 1 aliphatic rings. The molecule has 1 atom stereocenters. The lowest BCUT2D eigenvalue weighted by Gasteiger charge is -2.35. The van der Waals surface area contributed by atoms with Gasteiger partial charge in [-0.05, 0) is 66.1 Å². The molecule has 1 saturated heterocycles. The standard InChI is InChI=1S/C19H20N6O2/c26-19(24-12-4-2-6-18(24)17-5-1-3-11-20-17)13-27-16-9-7-15(8-10-16)25-14-21-22-23-25/h1,3,5,7-11,14,18H,2,4,6,12-13H2. The van der Waals surface area contributed by atoms with Crippen LogP contribution in [0.4, 0.5) is 0 Å². The van der Waals surface area contributed by atoms with E-state index in [1.165, 1.54) is 6.33 Å². The number of carbonyl (C=O) groups is 1. The number of likely N-dealkylation sites (tertiary alicyclic amines) is 1. The van der Waals surface area contributed by atoms with Crippen LogP contribution in [-0.4, -0.2) is 49.1 Å². The normalized spacial score (nSPS) is 16.9. The van der Waals surface area contributed by atoms with Crippen LogP contribution in [0.25, 0.3) is 5.69 Å². The molecule has 4 rings (SSSR count). The molecule has 1 aliphatic heterocycles. The molecule has 0 aliphatic carbocycles. The number of nitrogens with zero attached hydrogens (tertiary/aromatic N) is 6. The summed E-state index contributed by atoms with van der Waals surface area (Å²) in [6.07, 6.45) is 6.34. The summed E-state index contributed by atoms with van der Waals surface area (Å²) in [5, 5.41) is 11.1. The van der Waals surface area contributed by atoms with Crippen molar-refractivity contribution in [1.82, 2.24) is 30.1 Å². The molecule has 1 fully saturated rings. The van der Waals surface area contributed by atoms with Crippen molar-refractivity contribution in [3.05, 3.63) is 60.7 Å². The molecule has 1 unspecified atom stereocenters. The van der Waals surface area contributed by atoms with Crippen LogP contribution in [0.2, 0.25) is 0 Å². The average molecular weight is 364 g/mol. The molecular formula is C19H20N6O2. The maximum atomic E-state index is 12.8. The van der Waals surface area contributed by atoms with E-state index in [-0.39, 0.29) is 18.6 Å². The Kier molecular flexibility index (Phi) is 5.04. The van der Waals surface area contributed by atoms with E-state index in [9.17, 15) is 4.79 Å². The van der Waals surface area contributed by atoms with Crippen molar-refractivity contribution >= 4 is 5.91 Å². The van der Waals surface area contributed by atoms with Gasteiger partial charge in [0.2, 0.25) is 0 Å². The lowest BCUT2D eigenvalue weighted by molar-refractivity contribution is -0.137. The predicted octanol–water partition coefficient (Wildman–Crippen LogP) is 2.19. The first-order valence-electron chi connectivity index (χ1n) is 8.98. The Hall–Kier alpha value is -3.29. The first kappa shape index (κ1) is 17.1. The first-order chi connectivity index (χ1) is 13.3. The number of amides is 1. The summed E-state index contributed by atoms with van der Waals surface area (Å²) in [7, 11) is 0. The highest BCUT2D eigenvalue weighted by atomic mass is 16.5. The number of ether oxygens (including phenoxy) is 1. The topological polar surface area (TPSA) is 86.0 Å². The minimum absolute atomic E-state index is 0.00750. The molecule has 0 radical (unpaired) electrons. The minimum atomic E-state index is -0.0186. The van der Waals surface area contributed by atoms with Crippen LogP contribution in [0, 0.1) is 0 Å². The minimum Gasteiger partial charge on any atom is -0.484 e. The zero-order valence-corrected chi connectivity index (χ0v) is 14.8. The number of rotatable bonds is 5. The fraction of sp³-hybridized carbons (Fsp3) is 0.316. The van der Waals surface area contributed by atoms with Gasteiger partial charge in [-0.2, -0.15) is 0 Å². The summed E-state index contributed by atoms with van der Waals surface area (Å²) in [4.78, 5) is 19.1. The number of hydrogen-bond donors (Lipinski definition) is 0. The summed E-state index contributed by atoms with van der Waals surface area (Å²) < 4.78 is 7.26. The summed E-state index contributed by atoms with van der Waals surface area (Å²) in [6, 6.07) is 13.1. The summed E-state index contributed by atoms with van der Waals surface area (Å²) in [5.74, 6) is 0.612. The van der Waals surface area contributed by atoms with Crippen LogP contribution in [0.5, 0.6) is 5.75 Å². The molecule has 8 heteroatoms. The van der Waals surface area contributed by atoms with E-state index in [1.807, 2.05) is 35.2 Å². The Balaban J connectivity index is 1.39. The van der Waals surface area contributed by atoms with Gasteiger partial charge in [-0.1, -0.05) is 6.07 Å². The van der Waals surface area contributed by atoms with Crippen LogP contribution in [-0.2, 0) is 4.79 Å². The number of tetrazole rings is 1. The third-order valence-corrected chi connectivity index (χ3v) is 4.66. The number of aromatic nitrogens is 5. The van der Waals surface area contributed by atoms with Crippen LogP contribution in [0.1, 0.15) is 31.0 Å². The number of benzene rings is 1. The van der Waals surface area contributed by atoms with E-state index in [0.717, 1.165) is 37.2 Å². The van der Waals surface area contributed by atoms with Gasteiger partial charge in [-0.25, -0.2) is 4.68 Å². The van der Waals surface area contributed by atoms with E-state index in [4.69, 9.17) is 4.74 Å². The van der Waals surface area contributed by atoms with Gasteiger partial charge in [-0.3, -0.25) is 9.78 Å². The fourth-order valence-corrected chi connectivity index (χ4v) is 3.31. The van der Waals surface area contributed by atoms with Crippen molar-refractivity contribution in [2.45, 2.75) is 25.3 Å². The quantitative estimate of drug-likeness (QED) is 0.690. The Bertz CT molecular complexity index is 867. The zero-order valence-electron chi connectivity index (χ0n) is 14.8. The fourth-order valence-electron chi connectivity index (χ4n) is 3.31. The van der Waals surface area contributed by atoms with Crippen molar-refractivity contribution in [3.63, 3.8) is 0 Å². The number of piperidine rings is 1. The molecule has 2 aromatic heterocycles. The highest BCUT2D eigenvalue weighted by Crippen LogP contribution is 2.29. The molecule has 1 amide bonds. The number of pyridine rings is 1. The monoisotopic (exact) mass is 364 g/mol. The molecule has 0 bridgehead atoms. The first-order valence-corrected chi connectivity index (χ1v) is 8.98. The van der Waals surface area contributed by atoms with Crippen LogP contribution in [0.15, 0.2) is 55.0 Å². The van der Waals surface area contributed by atoms with Crippen LogP contribution >= 0.6 is 0 Å². The van der Waals surface area contributed by atoms with E-state index in [2.05, 4.69) is 20.5 Å². The van der Waals surface area contributed by atoms with Gasteiger partial charge in [0.05, 0.1) is 17.4 Å². The van der Waals surface area contributed by atoms with Crippen LogP contribution in [0.3, 0.4) is 0 Å². The molecule has 8 nitrogen and oxygen atoms in total. The van der Waals surface area contributed by atoms with E-state index in [0.29, 0.717) is 5.75 Å². The van der Waals surface area contributed by atoms with Crippen molar-refractivity contribution in [2.75, 3.05) is 13.2 Å². The molecule has 3 heterocycles. The third kappa shape index (κ3) is 3.94. The van der Waals surface area contributed by atoms with Gasteiger partial charge in [0.1, 0.15) is 12.1 Å². The van der Waals surface area contributed by atoms with Crippen molar-refractivity contribution in [1.29, 1.82) is 0 Å². The van der Waals surface area contributed by atoms with Gasteiger partial charge in [0.15, 0.2) is 6.61 Å². The third-order valence-electron chi connectivity index (χ3n) is 4.66. The van der Waals surface area contributed by atoms with Crippen molar-refractivity contribution < 1.29 is 9.53 Å². The maximum absolute atomic E-state index is 12.8. The Morgan fingerprint density at radius 3 is 2.78 bits per heavy atom. The van der Waals surface area contributed by atoms with Gasteiger partial charge in [0.25, 0.3) is 5.91 Å². The average Bonchev–Trinajstić information content (AvgIpc) is 3.28. The molecule has 1 aromatic carbocycles. The number of carbonyl (C=O) groups excluding carboxylic acids is 1. The van der Waals surface area contributed by atoms with Crippen molar-refractivity contribution in [3.8, 4) is 11.4 Å². The Morgan fingerprint density at radius 2 is 2.04 bits per heavy atom. The molecule has 27 heavy (non-hydrogen) atoms. The smallest absolute Gasteiger partial charge is 0.261 e. The highest BCUT2D eigenvalue weighted by molar-refractivity contribution is 5.78. The van der Waals surface area contributed by atoms with Crippen LogP contribution < -0.4 is 4.74 Å². The zero-order chi connectivity index (χ0) is 18.5. The number of hydrogen-bond acceptors (Lipinski definition) is 6. The molecule has 0 spiro atoms.